The number of carbonyl (C=O) groups excluding carboxylic acids is 1. The maximum absolute atomic E-state index is 13.2. The van der Waals surface area contributed by atoms with Crippen LogP contribution in [0.2, 0.25) is 0 Å². The van der Waals surface area contributed by atoms with E-state index < -0.39 is 10.0 Å². The van der Waals surface area contributed by atoms with Gasteiger partial charge in [0.1, 0.15) is 5.75 Å². The molecule has 1 fully saturated rings. The predicted molar refractivity (Wildman–Crippen MR) is 121 cm³/mol. The van der Waals surface area contributed by atoms with E-state index in [2.05, 4.69) is 12.6 Å². The molecule has 0 N–H and O–H groups in total. The Bertz CT molecular complexity index is 1080. The molecule has 1 aliphatic heterocycles. The van der Waals surface area contributed by atoms with Gasteiger partial charge in [-0.25, -0.2) is 8.42 Å². The van der Waals surface area contributed by atoms with Crippen molar-refractivity contribution >= 4 is 15.9 Å². The summed E-state index contributed by atoms with van der Waals surface area (Å²) in [6, 6.07) is 15.5. The zero-order valence-corrected chi connectivity index (χ0v) is 18.9. The largest absolute Gasteiger partial charge is 0.497 e. The average molecular weight is 454 g/mol. The lowest BCUT2D eigenvalue weighted by molar-refractivity contribution is -0.136. The summed E-state index contributed by atoms with van der Waals surface area (Å²) in [5.41, 5.74) is 1.50. The van der Waals surface area contributed by atoms with E-state index in [9.17, 15) is 13.2 Å². The van der Waals surface area contributed by atoms with E-state index in [0.717, 1.165) is 5.56 Å². The summed E-state index contributed by atoms with van der Waals surface area (Å²) in [5, 5.41) is 8.95. The molecular formula is C24H27N3O4S. The molecule has 0 saturated carbocycles. The Balaban J connectivity index is 1.64. The van der Waals surface area contributed by atoms with Crippen LogP contribution in [0, 0.1) is 17.2 Å². The minimum absolute atomic E-state index is 0.00393. The number of sulfonamides is 1. The Kier molecular flexibility index (Phi) is 7.67. The lowest BCUT2D eigenvalue weighted by Crippen LogP contribution is -2.44. The maximum Gasteiger partial charge on any atom is 0.243 e. The highest BCUT2D eigenvalue weighted by Gasteiger charge is 2.33. The van der Waals surface area contributed by atoms with E-state index in [4.69, 9.17) is 10.00 Å². The SMILES string of the molecule is C=CCN(Cc1ccc(C#N)cc1)C(=O)C1CCN(S(=O)(=O)c2ccc(OC)cc2)CC1. The molecule has 1 saturated heterocycles. The number of ether oxygens (including phenoxy) is 1. The number of hydrogen-bond donors (Lipinski definition) is 0. The second-order valence-electron chi connectivity index (χ2n) is 7.67. The molecule has 0 aliphatic carbocycles. The first-order chi connectivity index (χ1) is 15.4. The molecule has 0 unspecified atom stereocenters. The highest BCUT2D eigenvalue weighted by atomic mass is 32.2. The Labute approximate surface area is 189 Å². The average Bonchev–Trinajstić information content (AvgIpc) is 2.84. The van der Waals surface area contributed by atoms with Crippen molar-refractivity contribution < 1.29 is 17.9 Å². The van der Waals surface area contributed by atoms with Crippen LogP contribution in [0.4, 0.5) is 0 Å². The first kappa shape index (κ1) is 23.5. The summed E-state index contributed by atoms with van der Waals surface area (Å²) in [5.74, 6) is 0.351. The van der Waals surface area contributed by atoms with Gasteiger partial charge in [0, 0.05) is 32.1 Å². The quantitative estimate of drug-likeness (QED) is 0.573. The lowest BCUT2D eigenvalue weighted by Gasteiger charge is -2.33. The van der Waals surface area contributed by atoms with Gasteiger partial charge in [-0.3, -0.25) is 4.79 Å². The van der Waals surface area contributed by atoms with Crippen molar-refractivity contribution in [1.29, 1.82) is 5.26 Å². The van der Waals surface area contributed by atoms with Gasteiger partial charge in [0.25, 0.3) is 0 Å². The normalized spacial score (nSPS) is 15.0. The zero-order chi connectivity index (χ0) is 23.1. The molecule has 7 nitrogen and oxygen atoms in total. The number of nitrogens with zero attached hydrogens (tertiary/aromatic N) is 3. The molecule has 2 aromatic rings. The molecule has 1 amide bonds. The third-order valence-corrected chi connectivity index (χ3v) is 7.53. The topological polar surface area (TPSA) is 90.7 Å². The second kappa shape index (κ2) is 10.4. The number of amides is 1. The van der Waals surface area contributed by atoms with Crippen molar-refractivity contribution in [3.8, 4) is 11.8 Å². The summed E-state index contributed by atoms with van der Waals surface area (Å²) in [6.07, 6.45) is 2.62. The number of hydrogen-bond acceptors (Lipinski definition) is 5. The van der Waals surface area contributed by atoms with Gasteiger partial charge in [-0.05, 0) is 54.8 Å². The number of rotatable bonds is 8. The summed E-state index contributed by atoms with van der Waals surface area (Å²) in [6.45, 7) is 5.17. The number of methoxy groups -OCH3 is 1. The molecule has 0 spiro atoms. The molecule has 32 heavy (non-hydrogen) atoms. The molecule has 3 rings (SSSR count). The van der Waals surface area contributed by atoms with E-state index in [1.807, 2.05) is 12.1 Å². The van der Waals surface area contributed by atoms with E-state index >= 15 is 0 Å². The van der Waals surface area contributed by atoms with Crippen molar-refractivity contribution in [3.05, 3.63) is 72.3 Å². The fourth-order valence-corrected chi connectivity index (χ4v) is 5.26. The summed E-state index contributed by atoms with van der Waals surface area (Å²) < 4.78 is 32.4. The Morgan fingerprint density at radius 2 is 1.81 bits per heavy atom. The standard InChI is InChI=1S/C24H27N3O4S/c1-3-14-26(18-20-6-4-19(17-25)5-7-20)24(28)21-12-15-27(16-13-21)32(29,30)23-10-8-22(31-2)9-11-23/h3-11,21H,1,12-16,18H2,2H3. The Morgan fingerprint density at radius 3 is 2.34 bits per heavy atom. The van der Waals surface area contributed by atoms with Gasteiger partial charge in [-0.2, -0.15) is 9.57 Å². The lowest BCUT2D eigenvalue weighted by atomic mass is 9.96. The first-order valence-electron chi connectivity index (χ1n) is 10.4. The first-order valence-corrected chi connectivity index (χ1v) is 11.9. The van der Waals surface area contributed by atoms with E-state index in [0.29, 0.717) is 50.3 Å². The van der Waals surface area contributed by atoms with E-state index in [1.165, 1.54) is 23.5 Å². The molecule has 1 heterocycles. The molecule has 0 bridgehead atoms. The summed E-state index contributed by atoms with van der Waals surface area (Å²) in [4.78, 5) is 15.1. The summed E-state index contributed by atoms with van der Waals surface area (Å²) >= 11 is 0. The number of benzene rings is 2. The van der Waals surface area contributed by atoms with Gasteiger partial charge in [0.15, 0.2) is 0 Å². The van der Waals surface area contributed by atoms with Crippen LogP contribution in [0.5, 0.6) is 5.75 Å². The van der Waals surface area contributed by atoms with Crippen molar-refractivity contribution in [2.75, 3.05) is 26.7 Å². The predicted octanol–water partition coefficient (Wildman–Crippen LogP) is 3.18. The minimum atomic E-state index is -3.61. The van der Waals surface area contributed by atoms with Gasteiger partial charge in [0.2, 0.25) is 15.9 Å². The van der Waals surface area contributed by atoms with Crippen LogP contribution in [0.15, 0.2) is 66.1 Å². The smallest absolute Gasteiger partial charge is 0.243 e. The van der Waals surface area contributed by atoms with Crippen LogP contribution < -0.4 is 4.74 Å². The van der Waals surface area contributed by atoms with Crippen LogP contribution >= 0.6 is 0 Å². The molecule has 0 radical (unpaired) electrons. The van der Waals surface area contributed by atoms with Crippen LogP contribution in [-0.2, 0) is 21.4 Å². The van der Waals surface area contributed by atoms with Gasteiger partial charge < -0.3 is 9.64 Å². The van der Waals surface area contributed by atoms with Gasteiger partial charge in [-0.15, -0.1) is 6.58 Å². The van der Waals surface area contributed by atoms with Crippen LogP contribution in [0.1, 0.15) is 24.0 Å². The minimum Gasteiger partial charge on any atom is -0.497 e. The fraction of sp³-hybridized carbons (Fsp3) is 0.333. The van der Waals surface area contributed by atoms with E-state index in [-0.39, 0.29) is 16.7 Å². The monoisotopic (exact) mass is 453 g/mol. The Hall–Kier alpha value is -3.15. The van der Waals surface area contributed by atoms with Crippen molar-refractivity contribution in [1.82, 2.24) is 9.21 Å². The van der Waals surface area contributed by atoms with Crippen molar-refractivity contribution in [3.63, 3.8) is 0 Å². The number of carbonyl (C=O) groups is 1. The van der Waals surface area contributed by atoms with Gasteiger partial charge in [0.05, 0.1) is 23.6 Å². The summed E-state index contributed by atoms with van der Waals surface area (Å²) in [7, 11) is -2.08. The maximum atomic E-state index is 13.2. The molecular weight excluding hydrogens is 426 g/mol. The van der Waals surface area contributed by atoms with Crippen molar-refractivity contribution in [2.45, 2.75) is 24.3 Å². The van der Waals surface area contributed by atoms with Crippen LogP contribution in [0.3, 0.4) is 0 Å². The third-order valence-electron chi connectivity index (χ3n) is 5.62. The number of nitriles is 1. The number of piperidine rings is 1. The third kappa shape index (κ3) is 5.36. The molecule has 2 aromatic carbocycles. The van der Waals surface area contributed by atoms with Gasteiger partial charge in [-0.1, -0.05) is 18.2 Å². The second-order valence-corrected chi connectivity index (χ2v) is 9.61. The highest BCUT2D eigenvalue weighted by molar-refractivity contribution is 7.89. The molecule has 0 aromatic heterocycles. The Morgan fingerprint density at radius 1 is 1.19 bits per heavy atom. The molecule has 8 heteroatoms. The van der Waals surface area contributed by atoms with E-state index in [1.54, 1.807) is 35.2 Å². The molecule has 0 atom stereocenters. The fourth-order valence-electron chi connectivity index (χ4n) is 3.79. The highest BCUT2D eigenvalue weighted by Crippen LogP contribution is 2.26. The molecule has 168 valence electrons. The van der Waals surface area contributed by atoms with Gasteiger partial charge >= 0.3 is 0 Å². The zero-order valence-electron chi connectivity index (χ0n) is 18.1. The van der Waals surface area contributed by atoms with Crippen LogP contribution in [-0.4, -0.2) is 50.3 Å². The van der Waals surface area contributed by atoms with Crippen molar-refractivity contribution in [2.24, 2.45) is 5.92 Å². The molecule has 1 aliphatic rings. The van der Waals surface area contributed by atoms with Crippen LogP contribution in [0.25, 0.3) is 0 Å².